The molecule has 9 heteroatoms. The van der Waals surface area contributed by atoms with Gasteiger partial charge in [0, 0.05) is 29.7 Å². The smallest absolute Gasteiger partial charge is 0.406 e. The first kappa shape index (κ1) is 20.1. The first-order chi connectivity index (χ1) is 13.3. The summed E-state index contributed by atoms with van der Waals surface area (Å²) in [5, 5.41) is 13.9. The van der Waals surface area contributed by atoms with Crippen LogP contribution in [-0.4, -0.2) is 27.9 Å². The number of aliphatic hydroxyl groups excluding tert-OH is 1. The zero-order chi connectivity index (χ0) is 20.3. The predicted molar refractivity (Wildman–Crippen MR) is 91.9 cm³/mol. The molecular weight excluding hydrogens is 383 g/mol. The molecule has 0 atom stereocenters. The minimum absolute atomic E-state index is 0.0169. The van der Waals surface area contributed by atoms with E-state index in [4.69, 9.17) is 5.11 Å². The summed E-state index contributed by atoms with van der Waals surface area (Å²) in [6.45, 7) is -0.0684. The van der Waals surface area contributed by atoms with Crippen LogP contribution >= 0.6 is 0 Å². The van der Waals surface area contributed by atoms with Gasteiger partial charge in [0.1, 0.15) is 17.4 Å². The standard InChI is InChI=1S/C19H17F5N2O2/c20-13-5-4-12(16(21)9-13)11-26-18-10-14(28-19(22,23)24)6-7-15(18)17(25-26)3-1-2-8-27/h4-7,9-10,27H,1-3,8,11H2. The molecule has 0 aliphatic carbocycles. The number of hydrogen-bond acceptors (Lipinski definition) is 3. The highest BCUT2D eigenvalue weighted by molar-refractivity contribution is 5.83. The van der Waals surface area contributed by atoms with Crippen LogP contribution in [0.5, 0.6) is 5.75 Å². The molecule has 1 aromatic heterocycles. The largest absolute Gasteiger partial charge is 0.573 e. The lowest BCUT2D eigenvalue weighted by Crippen LogP contribution is -2.17. The molecule has 0 saturated carbocycles. The monoisotopic (exact) mass is 400 g/mol. The molecular formula is C19H17F5N2O2. The third-order valence-corrected chi connectivity index (χ3v) is 4.19. The summed E-state index contributed by atoms with van der Waals surface area (Å²) in [6, 6.07) is 6.95. The van der Waals surface area contributed by atoms with Gasteiger partial charge in [0.05, 0.1) is 17.8 Å². The summed E-state index contributed by atoms with van der Waals surface area (Å²) in [7, 11) is 0. The van der Waals surface area contributed by atoms with Crippen molar-refractivity contribution in [1.82, 2.24) is 9.78 Å². The average Bonchev–Trinajstić information content (AvgIpc) is 2.93. The number of fused-ring (bicyclic) bond motifs is 1. The Morgan fingerprint density at radius 1 is 1.04 bits per heavy atom. The molecule has 2 aromatic carbocycles. The number of aliphatic hydroxyl groups is 1. The Kier molecular flexibility index (Phi) is 5.83. The topological polar surface area (TPSA) is 47.3 Å². The number of unbranched alkanes of at least 4 members (excludes halogenated alkanes) is 1. The molecule has 150 valence electrons. The number of hydrogen-bond donors (Lipinski definition) is 1. The van der Waals surface area contributed by atoms with Crippen LogP contribution in [0.3, 0.4) is 0 Å². The molecule has 1 heterocycles. The molecule has 0 unspecified atom stereocenters. The van der Waals surface area contributed by atoms with E-state index in [1.165, 1.54) is 28.9 Å². The summed E-state index contributed by atoms with van der Waals surface area (Å²) < 4.78 is 70.1. The summed E-state index contributed by atoms with van der Waals surface area (Å²) in [4.78, 5) is 0. The zero-order valence-corrected chi connectivity index (χ0v) is 14.6. The minimum Gasteiger partial charge on any atom is -0.406 e. The first-order valence-corrected chi connectivity index (χ1v) is 8.57. The minimum atomic E-state index is -4.84. The van der Waals surface area contributed by atoms with Crippen molar-refractivity contribution in [2.24, 2.45) is 0 Å². The number of aryl methyl sites for hydroxylation is 1. The highest BCUT2D eigenvalue weighted by Gasteiger charge is 2.31. The second-order valence-corrected chi connectivity index (χ2v) is 6.25. The van der Waals surface area contributed by atoms with Gasteiger partial charge in [0.2, 0.25) is 0 Å². The normalized spacial score (nSPS) is 11.9. The van der Waals surface area contributed by atoms with Crippen molar-refractivity contribution in [3.05, 3.63) is 59.3 Å². The van der Waals surface area contributed by atoms with Gasteiger partial charge in [-0.25, -0.2) is 8.78 Å². The first-order valence-electron chi connectivity index (χ1n) is 8.57. The van der Waals surface area contributed by atoms with E-state index in [0.29, 0.717) is 35.9 Å². The van der Waals surface area contributed by atoms with E-state index >= 15 is 0 Å². The van der Waals surface area contributed by atoms with Crippen molar-refractivity contribution in [2.45, 2.75) is 32.2 Å². The lowest BCUT2D eigenvalue weighted by molar-refractivity contribution is -0.274. The third-order valence-electron chi connectivity index (χ3n) is 4.19. The van der Waals surface area contributed by atoms with E-state index in [1.54, 1.807) is 0 Å². The Bertz CT molecular complexity index is 969. The summed E-state index contributed by atoms with van der Waals surface area (Å²) in [5.74, 6) is -1.91. The molecule has 28 heavy (non-hydrogen) atoms. The van der Waals surface area contributed by atoms with E-state index in [9.17, 15) is 22.0 Å². The highest BCUT2D eigenvalue weighted by atomic mass is 19.4. The SMILES string of the molecule is OCCCCc1nn(Cc2ccc(F)cc2F)c2cc(OC(F)(F)F)ccc12. The number of ether oxygens (including phenoxy) is 1. The van der Waals surface area contributed by atoms with Gasteiger partial charge in [-0.3, -0.25) is 4.68 Å². The van der Waals surface area contributed by atoms with E-state index in [-0.39, 0.29) is 18.7 Å². The third kappa shape index (κ3) is 4.78. The van der Waals surface area contributed by atoms with Crippen molar-refractivity contribution >= 4 is 10.9 Å². The van der Waals surface area contributed by atoms with Crippen LogP contribution in [0.2, 0.25) is 0 Å². The van der Waals surface area contributed by atoms with Crippen LogP contribution < -0.4 is 4.74 Å². The summed E-state index contributed by atoms with van der Waals surface area (Å²) in [5.41, 5.74) is 1.10. The van der Waals surface area contributed by atoms with Gasteiger partial charge in [0.25, 0.3) is 0 Å². The molecule has 4 nitrogen and oxygen atoms in total. The molecule has 0 aliphatic heterocycles. The van der Waals surface area contributed by atoms with Crippen molar-refractivity contribution in [1.29, 1.82) is 0 Å². The van der Waals surface area contributed by atoms with Crippen LogP contribution in [0, 0.1) is 11.6 Å². The van der Waals surface area contributed by atoms with Crippen molar-refractivity contribution in [3.8, 4) is 5.75 Å². The fraction of sp³-hybridized carbons (Fsp3) is 0.316. The van der Waals surface area contributed by atoms with E-state index in [0.717, 1.165) is 12.1 Å². The fourth-order valence-electron chi connectivity index (χ4n) is 2.94. The van der Waals surface area contributed by atoms with Gasteiger partial charge in [-0.1, -0.05) is 6.07 Å². The molecule has 3 aromatic rings. The molecule has 1 N–H and O–H groups in total. The van der Waals surface area contributed by atoms with Gasteiger partial charge in [0.15, 0.2) is 0 Å². The quantitative estimate of drug-likeness (QED) is 0.467. The van der Waals surface area contributed by atoms with E-state index in [2.05, 4.69) is 9.84 Å². The van der Waals surface area contributed by atoms with Gasteiger partial charge in [-0.15, -0.1) is 13.2 Å². The molecule has 0 spiro atoms. The number of aromatic nitrogens is 2. The Balaban J connectivity index is 2.01. The van der Waals surface area contributed by atoms with E-state index < -0.39 is 23.7 Å². The zero-order valence-electron chi connectivity index (χ0n) is 14.6. The number of rotatable bonds is 7. The molecule has 0 saturated heterocycles. The fourth-order valence-corrected chi connectivity index (χ4v) is 2.94. The lowest BCUT2D eigenvalue weighted by Gasteiger charge is -2.10. The van der Waals surface area contributed by atoms with E-state index in [1.807, 2.05) is 0 Å². The van der Waals surface area contributed by atoms with Gasteiger partial charge >= 0.3 is 6.36 Å². The molecule has 3 rings (SSSR count). The highest BCUT2D eigenvalue weighted by Crippen LogP contribution is 2.29. The molecule has 0 aliphatic rings. The van der Waals surface area contributed by atoms with Crippen molar-refractivity contribution in [3.63, 3.8) is 0 Å². The number of alkyl halides is 3. The van der Waals surface area contributed by atoms with Gasteiger partial charge < -0.3 is 9.84 Å². The summed E-state index contributed by atoms with van der Waals surface area (Å²) in [6.07, 6.45) is -3.16. The summed E-state index contributed by atoms with van der Waals surface area (Å²) >= 11 is 0. The maximum atomic E-state index is 14.0. The second-order valence-electron chi connectivity index (χ2n) is 6.25. The van der Waals surface area contributed by atoms with Crippen LogP contribution in [0.1, 0.15) is 24.1 Å². The maximum Gasteiger partial charge on any atom is 0.573 e. The Labute approximate surface area is 157 Å². The number of halogens is 5. The molecule has 0 fully saturated rings. The number of nitrogens with zero attached hydrogens (tertiary/aromatic N) is 2. The Morgan fingerprint density at radius 2 is 1.82 bits per heavy atom. The van der Waals surface area contributed by atoms with Gasteiger partial charge in [-0.05, 0) is 37.5 Å². The van der Waals surface area contributed by atoms with Crippen LogP contribution in [-0.2, 0) is 13.0 Å². The van der Waals surface area contributed by atoms with Gasteiger partial charge in [-0.2, -0.15) is 5.10 Å². The lowest BCUT2D eigenvalue weighted by atomic mass is 10.1. The molecule has 0 radical (unpaired) electrons. The van der Waals surface area contributed by atoms with Crippen LogP contribution in [0.4, 0.5) is 22.0 Å². The second kappa shape index (κ2) is 8.14. The van der Waals surface area contributed by atoms with Crippen molar-refractivity contribution in [2.75, 3.05) is 6.61 Å². The Morgan fingerprint density at radius 3 is 2.50 bits per heavy atom. The van der Waals surface area contributed by atoms with Crippen molar-refractivity contribution < 1.29 is 31.8 Å². The predicted octanol–water partition coefficient (Wildman–Crippen LogP) is 4.58. The molecule has 0 amide bonds. The average molecular weight is 400 g/mol. The maximum absolute atomic E-state index is 14.0. The molecule has 0 bridgehead atoms. The van der Waals surface area contributed by atoms with Crippen LogP contribution in [0.25, 0.3) is 10.9 Å². The number of benzene rings is 2. The van der Waals surface area contributed by atoms with Crippen LogP contribution in [0.15, 0.2) is 36.4 Å². The Hall–Kier alpha value is -2.68.